The molecule has 1 N–H and O–H groups in total. The molecule has 1 saturated heterocycles. The van der Waals surface area contributed by atoms with Gasteiger partial charge in [-0.1, -0.05) is 0 Å². The van der Waals surface area contributed by atoms with Crippen LogP contribution in [0.15, 0.2) is 0 Å². The molecule has 1 fully saturated rings. The molecule has 2 atom stereocenters. The number of carbonyl (C=O) groups is 2. The van der Waals surface area contributed by atoms with Gasteiger partial charge in [0.25, 0.3) is 0 Å². The number of ether oxygens (including phenoxy) is 1. The van der Waals surface area contributed by atoms with Gasteiger partial charge in [0.2, 0.25) is 0 Å². The van der Waals surface area contributed by atoms with Gasteiger partial charge in [-0.05, 0) is 40.5 Å². The minimum absolute atomic E-state index is 0.0462. The molecule has 0 aromatic carbocycles. The molecule has 0 aliphatic carbocycles. The van der Waals surface area contributed by atoms with Crippen molar-refractivity contribution in [2.45, 2.75) is 64.7 Å². The third-order valence-electron chi connectivity index (χ3n) is 2.83. The lowest BCUT2D eigenvalue weighted by molar-refractivity contribution is -0.118. The molecule has 0 aromatic rings. The number of likely N-dealkylation sites (tertiary alicyclic amines) is 1. The molecule has 1 rings (SSSR count). The molecule has 104 valence electrons. The number of nitrogens with zero attached hydrogens (tertiary/aromatic N) is 1. The molecule has 0 radical (unpaired) electrons. The van der Waals surface area contributed by atoms with Crippen LogP contribution in [0.25, 0.3) is 0 Å². The van der Waals surface area contributed by atoms with Gasteiger partial charge in [-0.2, -0.15) is 0 Å². The lowest BCUT2D eigenvalue weighted by Crippen LogP contribution is -2.50. The first-order valence-electron chi connectivity index (χ1n) is 6.36. The predicted molar refractivity (Wildman–Crippen MR) is 67.3 cm³/mol. The second-order valence-corrected chi connectivity index (χ2v) is 5.92. The summed E-state index contributed by atoms with van der Waals surface area (Å²) in [6, 6.07) is -0.152. The first kappa shape index (κ1) is 15.0. The van der Waals surface area contributed by atoms with E-state index in [4.69, 9.17) is 4.74 Å². The fraction of sp³-hybridized carbons (Fsp3) is 0.846. The van der Waals surface area contributed by atoms with E-state index in [0.717, 1.165) is 0 Å². The maximum Gasteiger partial charge on any atom is 0.410 e. The predicted octanol–water partition coefficient (Wildman–Crippen LogP) is 1.73. The van der Waals surface area contributed by atoms with Gasteiger partial charge in [0.1, 0.15) is 11.4 Å². The van der Waals surface area contributed by atoms with Crippen LogP contribution < -0.4 is 0 Å². The number of aliphatic hydroxyl groups excluding tert-OH is 1. The smallest absolute Gasteiger partial charge is 0.410 e. The van der Waals surface area contributed by atoms with E-state index in [1.165, 1.54) is 11.8 Å². The van der Waals surface area contributed by atoms with Gasteiger partial charge in [0.15, 0.2) is 0 Å². The fourth-order valence-electron chi connectivity index (χ4n) is 2.10. The highest BCUT2D eigenvalue weighted by Gasteiger charge is 2.34. The Hall–Kier alpha value is -1.10. The van der Waals surface area contributed by atoms with Crippen LogP contribution >= 0.6 is 0 Å². The molecule has 18 heavy (non-hydrogen) atoms. The minimum atomic E-state index is -0.569. The van der Waals surface area contributed by atoms with Crippen LogP contribution in [0, 0.1) is 0 Å². The number of rotatable bonds is 2. The number of Topliss-reactive ketones (excluding diaryl/α,β-unsaturated/α-hetero) is 1. The molecule has 5 heteroatoms. The van der Waals surface area contributed by atoms with Crippen molar-refractivity contribution in [3.63, 3.8) is 0 Å². The van der Waals surface area contributed by atoms with Gasteiger partial charge in [0, 0.05) is 12.5 Å². The molecule has 1 heterocycles. The van der Waals surface area contributed by atoms with Crippen LogP contribution in [0.1, 0.15) is 47.0 Å². The molecule has 0 aromatic heterocycles. The summed E-state index contributed by atoms with van der Waals surface area (Å²) in [6.07, 6.45) is 0.608. The van der Waals surface area contributed by atoms with Crippen molar-refractivity contribution >= 4 is 11.9 Å². The molecule has 0 spiro atoms. The summed E-state index contributed by atoms with van der Waals surface area (Å²) in [6.45, 7) is 7.15. The van der Waals surface area contributed by atoms with Crippen molar-refractivity contribution in [1.29, 1.82) is 0 Å². The average molecular weight is 257 g/mol. The SMILES string of the molecule is CC(=O)C[C@H]1CC[C@@H](O)CN1C(=O)OC(C)(C)C. The Bertz CT molecular complexity index is 321. The molecule has 0 bridgehead atoms. The first-order chi connectivity index (χ1) is 8.19. The highest BCUT2D eigenvalue weighted by atomic mass is 16.6. The summed E-state index contributed by atoms with van der Waals surface area (Å²) in [4.78, 5) is 24.7. The zero-order chi connectivity index (χ0) is 13.9. The maximum atomic E-state index is 12.0. The number of aliphatic hydroxyl groups is 1. The van der Waals surface area contributed by atoms with E-state index < -0.39 is 17.8 Å². The number of hydrogen-bond donors (Lipinski definition) is 1. The number of amides is 1. The van der Waals surface area contributed by atoms with Crippen molar-refractivity contribution < 1.29 is 19.4 Å². The summed E-state index contributed by atoms with van der Waals surface area (Å²) in [5, 5.41) is 9.64. The number of piperidine rings is 1. The van der Waals surface area contributed by atoms with E-state index in [-0.39, 0.29) is 18.4 Å². The molecule has 1 aliphatic rings. The highest BCUT2D eigenvalue weighted by Crippen LogP contribution is 2.23. The zero-order valence-corrected chi connectivity index (χ0v) is 11.6. The Morgan fingerprint density at radius 1 is 1.33 bits per heavy atom. The lowest BCUT2D eigenvalue weighted by atomic mass is 9.97. The van der Waals surface area contributed by atoms with Crippen molar-refractivity contribution in [3.05, 3.63) is 0 Å². The Balaban J connectivity index is 2.72. The average Bonchev–Trinajstić information content (AvgIpc) is 2.17. The first-order valence-corrected chi connectivity index (χ1v) is 6.36. The van der Waals surface area contributed by atoms with Gasteiger partial charge in [-0.15, -0.1) is 0 Å². The second-order valence-electron chi connectivity index (χ2n) is 5.92. The number of β-amino-alcohol motifs (C(OH)–C–C–N with tert-alkyl or cyclic N) is 1. The number of ketones is 1. The van der Waals surface area contributed by atoms with Gasteiger partial charge in [-0.3, -0.25) is 4.79 Å². The lowest BCUT2D eigenvalue weighted by Gasteiger charge is -2.38. The van der Waals surface area contributed by atoms with Crippen LogP contribution in [-0.2, 0) is 9.53 Å². The van der Waals surface area contributed by atoms with E-state index in [9.17, 15) is 14.7 Å². The molecule has 1 amide bonds. The Morgan fingerprint density at radius 3 is 2.44 bits per heavy atom. The summed E-state index contributed by atoms with van der Waals surface area (Å²) in [5.41, 5.74) is -0.569. The van der Waals surface area contributed by atoms with E-state index in [1.807, 2.05) is 0 Å². The van der Waals surface area contributed by atoms with Crippen LogP contribution in [-0.4, -0.2) is 46.2 Å². The maximum absolute atomic E-state index is 12.0. The number of carbonyl (C=O) groups excluding carboxylic acids is 2. The van der Waals surface area contributed by atoms with E-state index in [0.29, 0.717) is 19.3 Å². The standard InChI is InChI=1S/C13H23NO4/c1-9(15)7-10-5-6-11(16)8-14(10)12(17)18-13(2,3)4/h10-11,16H,5-8H2,1-4H3/t10-,11-/m1/s1. The number of hydrogen-bond acceptors (Lipinski definition) is 4. The van der Waals surface area contributed by atoms with Crippen molar-refractivity contribution in [2.24, 2.45) is 0 Å². The molecular weight excluding hydrogens is 234 g/mol. The molecule has 0 saturated carbocycles. The summed E-state index contributed by atoms with van der Waals surface area (Å²) >= 11 is 0. The molecule has 0 unspecified atom stereocenters. The third kappa shape index (κ3) is 4.64. The van der Waals surface area contributed by atoms with Crippen molar-refractivity contribution in [3.8, 4) is 0 Å². The quantitative estimate of drug-likeness (QED) is 0.818. The normalized spacial score (nSPS) is 24.8. The Labute approximate surface area is 108 Å². The van der Waals surface area contributed by atoms with Crippen LogP contribution in [0.5, 0.6) is 0 Å². The Morgan fingerprint density at radius 2 is 1.94 bits per heavy atom. The van der Waals surface area contributed by atoms with E-state index in [2.05, 4.69) is 0 Å². The summed E-state index contributed by atoms with van der Waals surface area (Å²) < 4.78 is 5.30. The topological polar surface area (TPSA) is 66.8 Å². The van der Waals surface area contributed by atoms with Crippen LogP contribution in [0.4, 0.5) is 4.79 Å². The largest absolute Gasteiger partial charge is 0.444 e. The van der Waals surface area contributed by atoms with Gasteiger partial charge in [0.05, 0.1) is 12.6 Å². The summed E-state index contributed by atoms with van der Waals surface area (Å²) in [5.74, 6) is 0.0462. The molecule has 5 nitrogen and oxygen atoms in total. The monoisotopic (exact) mass is 257 g/mol. The van der Waals surface area contributed by atoms with Gasteiger partial charge in [-0.25, -0.2) is 4.79 Å². The fourth-order valence-corrected chi connectivity index (χ4v) is 2.10. The van der Waals surface area contributed by atoms with Gasteiger partial charge >= 0.3 is 6.09 Å². The minimum Gasteiger partial charge on any atom is -0.444 e. The Kier molecular flexibility index (Phi) is 4.73. The second kappa shape index (κ2) is 5.69. The third-order valence-corrected chi connectivity index (χ3v) is 2.83. The highest BCUT2D eigenvalue weighted by molar-refractivity contribution is 5.77. The van der Waals surface area contributed by atoms with Crippen LogP contribution in [0.3, 0.4) is 0 Å². The van der Waals surface area contributed by atoms with Gasteiger partial charge < -0.3 is 14.7 Å². The van der Waals surface area contributed by atoms with E-state index in [1.54, 1.807) is 20.8 Å². The van der Waals surface area contributed by atoms with Crippen molar-refractivity contribution in [1.82, 2.24) is 4.90 Å². The molecular formula is C13H23NO4. The summed E-state index contributed by atoms with van der Waals surface area (Å²) in [7, 11) is 0. The zero-order valence-electron chi connectivity index (χ0n) is 11.6. The molecule has 1 aliphatic heterocycles. The van der Waals surface area contributed by atoms with Crippen LogP contribution in [0.2, 0.25) is 0 Å². The van der Waals surface area contributed by atoms with E-state index >= 15 is 0 Å². The van der Waals surface area contributed by atoms with Crippen molar-refractivity contribution in [2.75, 3.05) is 6.54 Å².